The van der Waals surface area contributed by atoms with E-state index in [0.717, 1.165) is 11.3 Å². The zero-order valence-electron chi connectivity index (χ0n) is 7.81. The van der Waals surface area contributed by atoms with Crippen LogP contribution in [0.15, 0.2) is 53.7 Å². The zero-order valence-corrected chi connectivity index (χ0v) is 7.81. The molecule has 0 bridgehead atoms. The van der Waals surface area contributed by atoms with E-state index in [-0.39, 0.29) is 0 Å². The summed E-state index contributed by atoms with van der Waals surface area (Å²) < 4.78 is 5.56. The highest BCUT2D eigenvalue weighted by Crippen LogP contribution is 2.21. The minimum absolute atomic E-state index is 0.630. The fourth-order valence-electron chi connectivity index (χ4n) is 1.27. The van der Waals surface area contributed by atoms with Crippen molar-refractivity contribution in [2.24, 2.45) is 4.99 Å². The Balaban J connectivity index is 2.39. The van der Waals surface area contributed by atoms with Crippen molar-refractivity contribution in [2.75, 3.05) is 0 Å². The average Bonchev–Trinajstić information content (AvgIpc) is 2.27. The molecule has 0 unspecified atom stereocenters. The van der Waals surface area contributed by atoms with Crippen molar-refractivity contribution in [3.8, 4) is 5.75 Å². The van der Waals surface area contributed by atoms with E-state index in [2.05, 4.69) is 11.6 Å². The van der Waals surface area contributed by atoms with Crippen LogP contribution in [0.2, 0.25) is 0 Å². The topological polar surface area (TPSA) is 21.6 Å². The Bertz CT molecular complexity index is 405. The van der Waals surface area contributed by atoms with Crippen LogP contribution in [0, 0.1) is 0 Å². The normalized spacial score (nSPS) is 19.6. The SMILES string of the molecule is C=C1/C=C\C=N/Cc2ccccc2O1. The summed E-state index contributed by atoms with van der Waals surface area (Å²) in [5, 5.41) is 0. The first kappa shape index (κ1) is 8.75. The van der Waals surface area contributed by atoms with E-state index < -0.39 is 0 Å². The third-order valence-corrected chi connectivity index (χ3v) is 1.95. The molecule has 0 aliphatic carbocycles. The standard InChI is InChI=1S/C12H11NO/c1-10-5-4-8-13-9-11-6-2-3-7-12(11)14-10/h2-8H,1,9H2/b5-4-,13-8-. The van der Waals surface area contributed by atoms with Crippen LogP contribution in [-0.2, 0) is 6.54 Å². The van der Waals surface area contributed by atoms with Crippen LogP contribution in [0.1, 0.15) is 5.56 Å². The minimum Gasteiger partial charge on any atom is -0.458 e. The number of hydrogen-bond donors (Lipinski definition) is 0. The van der Waals surface area contributed by atoms with Crippen molar-refractivity contribution >= 4 is 6.21 Å². The van der Waals surface area contributed by atoms with Crippen molar-refractivity contribution < 1.29 is 4.74 Å². The third kappa shape index (κ3) is 1.91. The number of ether oxygens (including phenoxy) is 1. The van der Waals surface area contributed by atoms with E-state index in [1.54, 1.807) is 12.3 Å². The molecule has 1 aromatic rings. The van der Waals surface area contributed by atoms with Crippen LogP contribution < -0.4 is 4.74 Å². The van der Waals surface area contributed by atoms with Crippen LogP contribution in [0.3, 0.4) is 0 Å². The third-order valence-electron chi connectivity index (χ3n) is 1.95. The second-order valence-electron chi connectivity index (χ2n) is 3.02. The van der Waals surface area contributed by atoms with Gasteiger partial charge in [0.15, 0.2) is 0 Å². The van der Waals surface area contributed by atoms with Crippen molar-refractivity contribution in [3.63, 3.8) is 0 Å². The summed E-state index contributed by atoms with van der Waals surface area (Å²) in [7, 11) is 0. The van der Waals surface area contributed by atoms with Crippen LogP contribution in [0.5, 0.6) is 5.75 Å². The summed E-state index contributed by atoms with van der Waals surface area (Å²) in [5.41, 5.74) is 1.08. The second kappa shape index (κ2) is 3.92. The molecule has 2 rings (SSSR count). The van der Waals surface area contributed by atoms with E-state index in [1.807, 2.05) is 30.3 Å². The molecule has 2 nitrogen and oxygen atoms in total. The second-order valence-corrected chi connectivity index (χ2v) is 3.02. The first-order chi connectivity index (χ1) is 6.86. The van der Waals surface area contributed by atoms with Gasteiger partial charge in [-0.05, 0) is 18.2 Å². The smallest absolute Gasteiger partial charge is 0.132 e. The zero-order chi connectivity index (χ0) is 9.80. The van der Waals surface area contributed by atoms with Gasteiger partial charge in [-0.3, -0.25) is 4.99 Å². The molecule has 0 amide bonds. The Morgan fingerprint density at radius 2 is 2.14 bits per heavy atom. The molecule has 0 saturated carbocycles. The maximum atomic E-state index is 5.56. The highest BCUT2D eigenvalue weighted by molar-refractivity contribution is 5.72. The molecule has 2 heteroatoms. The van der Waals surface area contributed by atoms with Gasteiger partial charge >= 0.3 is 0 Å². The Labute approximate surface area is 83.2 Å². The maximum Gasteiger partial charge on any atom is 0.132 e. The number of rotatable bonds is 0. The molecule has 1 aromatic carbocycles. The summed E-state index contributed by atoms with van der Waals surface area (Å²) in [5.74, 6) is 1.46. The Morgan fingerprint density at radius 3 is 3.07 bits per heavy atom. The van der Waals surface area contributed by atoms with Crippen molar-refractivity contribution in [3.05, 3.63) is 54.3 Å². The quantitative estimate of drug-likeness (QED) is 0.609. The van der Waals surface area contributed by atoms with E-state index in [0.29, 0.717) is 12.3 Å². The molecule has 0 spiro atoms. The molecule has 1 heterocycles. The van der Waals surface area contributed by atoms with E-state index in [4.69, 9.17) is 4.74 Å². The maximum absolute atomic E-state index is 5.56. The van der Waals surface area contributed by atoms with Crippen molar-refractivity contribution in [1.29, 1.82) is 0 Å². The molecule has 70 valence electrons. The lowest BCUT2D eigenvalue weighted by molar-refractivity contribution is 0.442. The number of allylic oxidation sites excluding steroid dienone is 2. The first-order valence-electron chi connectivity index (χ1n) is 4.47. The molecular formula is C12H11NO. The Kier molecular flexibility index (Phi) is 2.45. The number of nitrogens with zero attached hydrogens (tertiary/aromatic N) is 1. The molecule has 14 heavy (non-hydrogen) atoms. The summed E-state index contributed by atoms with van der Waals surface area (Å²) in [4.78, 5) is 4.23. The molecule has 0 fully saturated rings. The molecule has 0 radical (unpaired) electrons. The molecule has 0 saturated heterocycles. The predicted octanol–water partition coefficient (Wildman–Crippen LogP) is 2.72. The Morgan fingerprint density at radius 1 is 1.29 bits per heavy atom. The molecule has 1 aliphatic heterocycles. The largest absolute Gasteiger partial charge is 0.458 e. The molecule has 0 atom stereocenters. The number of aliphatic imine (C=N–C) groups is 1. The Hall–Kier alpha value is -1.83. The van der Waals surface area contributed by atoms with Crippen LogP contribution in [0.4, 0.5) is 0 Å². The average molecular weight is 185 g/mol. The fraction of sp³-hybridized carbons (Fsp3) is 0.0833. The lowest BCUT2D eigenvalue weighted by atomic mass is 10.2. The summed E-state index contributed by atoms with van der Waals surface area (Å²) in [6, 6.07) is 7.85. The predicted molar refractivity (Wildman–Crippen MR) is 57.5 cm³/mol. The van der Waals surface area contributed by atoms with E-state index >= 15 is 0 Å². The summed E-state index contributed by atoms with van der Waals surface area (Å²) >= 11 is 0. The van der Waals surface area contributed by atoms with Gasteiger partial charge in [-0.25, -0.2) is 0 Å². The van der Waals surface area contributed by atoms with Gasteiger partial charge in [0, 0.05) is 11.8 Å². The first-order valence-corrected chi connectivity index (χ1v) is 4.47. The molecule has 0 N–H and O–H groups in total. The molecular weight excluding hydrogens is 174 g/mol. The number of fused-ring (bicyclic) bond motifs is 1. The molecule has 0 aromatic heterocycles. The van der Waals surface area contributed by atoms with Gasteiger partial charge in [0.1, 0.15) is 11.5 Å². The van der Waals surface area contributed by atoms with E-state index in [9.17, 15) is 0 Å². The van der Waals surface area contributed by atoms with Gasteiger partial charge < -0.3 is 4.74 Å². The number of hydrogen-bond acceptors (Lipinski definition) is 2. The van der Waals surface area contributed by atoms with Crippen LogP contribution in [0.25, 0.3) is 0 Å². The lowest BCUT2D eigenvalue weighted by Gasteiger charge is -2.08. The van der Waals surface area contributed by atoms with Crippen molar-refractivity contribution in [2.45, 2.75) is 6.54 Å². The van der Waals surface area contributed by atoms with Gasteiger partial charge in [0.25, 0.3) is 0 Å². The fourth-order valence-corrected chi connectivity index (χ4v) is 1.27. The van der Waals surface area contributed by atoms with Crippen LogP contribution in [-0.4, -0.2) is 6.21 Å². The lowest BCUT2D eigenvalue weighted by Crippen LogP contribution is -1.93. The van der Waals surface area contributed by atoms with E-state index in [1.165, 1.54) is 0 Å². The van der Waals surface area contributed by atoms with Gasteiger partial charge in [-0.1, -0.05) is 24.8 Å². The highest BCUT2D eigenvalue weighted by Gasteiger charge is 2.03. The highest BCUT2D eigenvalue weighted by atomic mass is 16.5. The van der Waals surface area contributed by atoms with Gasteiger partial charge in [0.2, 0.25) is 0 Å². The van der Waals surface area contributed by atoms with Crippen molar-refractivity contribution in [1.82, 2.24) is 0 Å². The number of benzene rings is 1. The van der Waals surface area contributed by atoms with Gasteiger partial charge in [0.05, 0.1) is 6.54 Å². The van der Waals surface area contributed by atoms with Gasteiger partial charge in [-0.2, -0.15) is 0 Å². The summed E-state index contributed by atoms with van der Waals surface area (Å²) in [6.07, 6.45) is 5.39. The number of para-hydroxylation sites is 1. The van der Waals surface area contributed by atoms with Crippen LogP contribution >= 0.6 is 0 Å². The summed E-state index contributed by atoms with van der Waals surface area (Å²) in [6.45, 7) is 4.43. The van der Waals surface area contributed by atoms with Gasteiger partial charge in [-0.15, -0.1) is 0 Å². The minimum atomic E-state index is 0.630. The monoisotopic (exact) mass is 185 g/mol. The molecule has 1 aliphatic rings.